The van der Waals surface area contributed by atoms with Crippen LogP contribution in [0.2, 0.25) is 0 Å². The smallest absolute Gasteiger partial charge is 0.137 e. The zero-order chi connectivity index (χ0) is 11.4. The highest BCUT2D eigenvalue weighted by Gasteiger charge is 2.21. The lowest BCUT2D eigenvalue weighted by Crippen LogP contribution is -2.39. The molecule has 1 unspecified atom stereocenters. The zero-order valence-corrected chi connectivity index (χ0v) is 9.86. The van der Waals surface area contributed by atoms with Crippen LogP contribution in [0.4, 0.5) is 0 Å². The highest BCUT2D eigenvalue weighted by molar-refractivity contribution is 5.57. The Balaban J connectivity index is 2.02. The van der Waals surface area contributed by atoms with E-state index in [-0.39, 0.29) is 6.04 Å². The molecule has 0 N–H and O–H groups in total. The molecule has 1 aliphatic heterocycles. The SMILES string of the molecule is Cc1ccc(CN2CCCCC2C=O)cc1. The molecule has 2 nitrogen and oxygen atoms in total. The quantitative estimate of drug-likeness (QED) is 0.725. The second-order valence-corrected chi connectivity index (χ2v) is 4.66. The molecule has 0 bridgehead atoms. The predicted octanol–water partition coefficient (Wildman–Crippen LogP) is 2.55. The Hall–Kier alpha value is -1.15. The highest BCUT2D eigenvalue weighted by Crippen LogP contribution is 2.18. The van der Waals surface area contributed by atoms with Crippen LogP contribution in [-0.4, -0.2) is 23.8 Å². The van der Waals surface area contributed by atoms with E-state index < -0.39 is 0 Å². The third-order valence-corrected chi connectivity index (χ3v) is 3.33. The normalized spacial score (nSPS) is 21.9. The number of piperidine rings is 1. The third-order valence-electron chi connectivity index (χ3n) is 3.33. The Morgan fingerprint density at radius 1 is 1.31 bits per heavy atom. The van der Waals surface area contributed by atoms with E-state index >= 15 is 0 Å². The maximum absolute atomic E-state index is 11.0. The molecule has 86 valence electrons. The summed E-state index contributed by atoms with van der Waals surface area (Å²) in [5, 5.41) is 0. The summed E-state index contributed by atoms with van der Waals surface area (Å²) in [4.78, 5) is 13.3. The number of carbonyl (C=O) groups excluding carboxylic acids is 1. The molecule has 0 spiro atoms. The fourth-order valence-corrected chi connectivity index (χ4v) is 2.30. The summed E-state index contributed by atoms with van der Waals surface area (Å²) in [6, 6.07) is 8.72. The van der Waals surface area contributed by atoms with Gasteiger partial charge < -0.3 is 4.79 Å². The van der Waals surface area contributed by atoms with Gasteiger partial charge in [0.1, 0.15) is 6.29 Å². The number of hydrogen-bond acceptors (Lipinski definition) is 2. The summed E-state index contributed by atoms with van der Waals surface area (Å²) < 4.78 is 0. The molecule has 0 saturated carbocycles. The van der Waals surface area contributed by atoms with Gasteiger partial charge >= 0.3 is 0 Å². The van der Waals surface area contributed by atoms with Gasteiger partial charge in [0.05, 0.1) is 6.04 Å². The van der Waals surface area contributed by atoms with E-state index in [1.54, 1.807) is 0 Å². The first kappa shape index (κ1) is 11.3. The van der Waals surface area contributed by atoms with Crippen molar-refractivity contribution in [2.45, 2.75) is 38.8 Å². The molecule has 16 heavy (non-hydrogen) atoms. The molecule has 2 rings (SSSR count). The first-order valence-electron chi connectivity index (χ1n) is 6.04. The second-order valence-electron chi connectivity index (χ2n) is 4.66. The van der Waals surface area contributed by atoms with Gasteiger partial charge in [-0.3, -0.25) is 4.90 Å². The molecule has 0 aliphatic carbocycles. The van der Waals surface area contributed by atoms with Crippen molar-refractivity contribution in [2.75, 3.05) is 6.54 Å². The van der Waals surface area contributed by atoms with Gasteiger partial charge in [-0.05, 0) is 31.9 Å². The molecule has 1 saturated heterocycles. The monoisotopic (exact) mass is 217 g/mol. The van der Waals surface area contributed by atoms with Gasteiger partial charge in [-0.1, -0.05) is 36.2 Å². The van der Waals surface area contributed by atoms with Gasteiger partial charge in [0.2, 0.25) is 0 Å². The number of aldehydes is 1. The Bertz CT molecular complexity index is 344. The van der Waals surface area contributed by atoms with Crippen molar-refractivity contribution in [3.05, 3.63) is 35.4 Å². The molecule has 1 aromatic carbocycles. The summed E-state index contributed by atoms with van der Waals surface area (Å²) in [6.07, 6.45) is 4.53. The average Bonchev–Trinajstić information content (AvgIpc) is 2.33. The van der Waals surface area contributed by atoms with Crippen LogP contribution in [0, 0.1) is 6.92 Å². The summed E-state index contributed by atoms with van der Waals surface area (Å²) in [5.41, 5.74) is 2.59. The number of carbonyl (C=O) groups is 1. The fourth-order valence-electron chi connectivity index (χ4n) is 2.30. The van der Waals surface area contributed by atoms with Crippen LogP contribution in [0.15, 0.2) is 24.3 Å². The predicted molar refractivity (Wildman–Crippen MR) is 65.3 cm³/mol. The Morgan fingerprint density at radius 3 is 2.75 bits per heavy atom. The lowest BCUT2D eigenvalue weighted by molar-refractivity contribution is -0.113. The average molecular weight is 217 g/mol. The van der Waals surface area contributed by atoms with Gasteiger partial charge in [0.15, 0.2) is 0 Å². The van der Waals surface area contributed by atoms with Crippen LogP contribution in [0.5, 0.6) is 0 Å². The van der Waals surface area contributed by atoms with Crippen molar-refractivity contribution in [3.63, 3.8) is 0 Å². The lowest BCUT2D eigenvalue weighted by atomic mass is 10.0. The number of nitrogens with zero attached hydrogens (tertiary/aromatic N) is 1. The van der Waals surface area contributed by atoms with Crippen molar-refractivity contribution < 1.29 is 4.79 Å². The Morgan fingerprint density at radius 2 is 2.06 bits per heavy atom. The largest absolute Gasteiger partial charge is 0.302 e. The van der Waals surface area contributed by atoms with Crippen LogP contribution < -0.4 is 0 Å². The maximum Gasteiger partial charge on any atom is 0.137 e. The van der Waals surface area contributed by atoms with Crippen molar-refractivity contribution in [3.8, 4) is 0 Å². The standard InChI is InChI=1S/C14H19NO/c1-12-5-7-13(8-6-12)10-15-9-3-2-4-14(15)11-16/h5-8,11,14H,2-4,9-10H2,1H3. The van der Waals surface area contributed by atoms with E-state index in [0.29, 0.717) is 0 Å². The number of hydrogen-bond donors (Lipinski definition) is 0. The first-order chi connectivity index (χ1) is 7.79. The van der Waals surface area contributed by atoms with Crippen molar-refractivity contribution in [1.82, 2.24) is 4.90 Å². The lowest BCUT2D eigenvalue weighted by Gasteiger charge is -2.32. The first-order valence-corrected chi connectivity index (χ1v) is 6.04. The molecule has 1 atom stereocenters. The molecule has 2 heteroatoms. The number of likely N-dealkylation sites (tertiary alicyclic amines) is 1. The van der Waals surface area contributed by atoms with Gasteiger partial charge in [0, 0.05) is 6.54 Å². The maximum atomic E-state index is 11.0. The van der Waals surface area contributed by atoms with Crippen molar-refractivity contribution in [1.29, 1.82) is 0 Å². The molecular weight excluding hydrogens is 198 g/mol. The van der Waals surface area contributed by atoms with Gasteiger partial charge in [-0.25, -0.2) is 0 Å². The summed E-state index contributed by atoms with van der Waals surface area (Å²) in [6.45, 7) is 4.06. The molecule has 1 aromatic rings. The second kappa shape index (κ2) is 5.26. The van der Waals surface area contributed by atoms with Crippen LogP contribution in [0.25, 0.3) is 0 Å². The van der Waals surface area contributed by atoms with E-state index in [2.05, 4.69) is 36.1 Å². The Kier molecular flexibility index (Phi) is 3.73. The van der Waals surface area contributed by atoms with E-state index in [0.717, 1.165) is 25.8 Å². The Labute approximate surface area is 97.3 Å². The summed E-state index contributed by atoms with van der Waals surface area (Å²) >= 11 is 0. The number of aryl methyl sites for hydroxylation is 1. The third kappa shape index (κ3) is 2.70. The molecule has 1 fully saturated rings. The van der Waals surface area contributed by atoms with E-state index in [1.807, 2.05) is 0 Å². The van der Waals surface area contributed by atoms with E-state index in [9.17, 15) is 4.79 Å². The molecule has 1 heterocycles. The van der Waals surface area contributed by atoms with Crippen LogP contribution in [-0.2, 0) is 11.3 Å². The minimum absolute atomic E-state index is 0.134. The van der Waals surface area contributed by atoms with E-state index in [4.69, 9.17) is 0 Å². The van der Waals surface area contributed by atoms with Crippen LogP contribution >= 0.6 is 0 Å². The topological polar surface area (TPSA) is 20.3 Å². The zero-order valence-electron chi connectivity index (χ0n) is 9.86. The number of rotatable bonds is 3. The molecular formula is C14H19NO. The van der Waals surface area contributed by atoms with E-state index in [1.165, 1.54) is 24.0 Å². The van der Waals surface area contributed by atoms with Gasteiger partial charge in [-0.15, -0.1) is 0 Å². The minimum Gasteiger partial charge on any atom is -0.302 e. The molecule has 1 aliphatic rings. The van der Waals surface area contributed by atoms with Gasteiger partial charge in [-0.2, -0.15) is 0 Å². The summed E-state index contributed by atoms with van der Waals surface area (Å²) in [7, 11) is 0. The van der Waals surface area contributed by atoms with Crippen molar-refractivity contribution >= 4 is 6.29 Å². The molecule has 0 radical (unpaired) electrons. The minimum atomic E-state index is 0.134. The molecule has 0 aromatic heterocycles. The fraction of sp³-hybridized carbons (Fsp3) is 0.500. The number of benzene rings is 1. The highest BCUT2D eigenvalue weighted by atomic mass is 16.1. The van der Waals surface area contributed by atoms with Crippen molar-refractivity contribution in [2.24, 2.45) is 0 Å². The van der Waals surface area contributed by atoms with Gasteiger partial charge in [0.25, 0.3) is 0 Å². The van der Waals surface area contributed by atoms with Crippen LogP contribution in [0.3, 0.4) is 0 Å². The summed E-state index contributed by atoms with van der Waals surface area (Å²) in [5.74, 6) is 0. The van der Waals surface area contributed by atoms with Crippen LogP contribution in [0.1, 0.15) is 30.4 Å². The molecule has 0 amide bonds.